The van der Waals surface area contributed by atoms with Gasteiger partial charge in [-0.2, -0.15) is 0 Å². The molecular weight excluding hydrogens is 261 g/mol. The Morgan fingerprint density at radius 3 is 2.63 bits per heavy atom. The third-order valence-corrected chi connectivity index (χ3v) is 3.62. The summed E-state index contributed by atoms with van der Waals surface area (Å²) in [6, 6.07) is 13.0. The molecule has 1 atom stereocenters. The second-order valence-electron chi connectivity index (χ2n) is 4.69. The van der Waals surface area contributed by atoms with Gasteiger partial charge in [-0.15, -0.1) is 0 Å². The molecule has 100 valence electrons. The van der Waals surface area contributed by atoms with Gasteiger partial charge in [0.05, 0.1) is 0 Å². The van der Waals surface area contributed by atoms with Gasteiger partial charge in [-0.1, -0.05) is 41.9 Å². The van der Waals surface area contributed by atoms with Gasteiger partial charge in [0.2, 0.25) is 0 Å². The summed E-state index contributed by atoms with van der Waals surface area (Å²) in [7, 11) is 0. The first-order valence-corrected chi connectivity index (χ1v) is 6.68. The predicted octanol–water partition coefficient (Wildman–Crippen LogP) is 4.64. The third kappa shape index (κ3) is 3.55. The lowest BCUT2D eigenvalue weighted by molar-refractivity contribution is 0.570. The van der Waals surface area contributed by atoms with Crippen molar-refractivity contribution < 1.29 is 4.39 Å². The van der Waals surface area contributed by atoms with Gasteiger partial charge in [0.1, 0.15) is 5.82 Å². The molecule has 0 bridgehead atoms. The van der Waals surface area contributed by atoms with Crippen LogP contribution in [0.1, 0.15) is 29.7 Å². The zero-order chi connectivity index (χ0) is 13.8. The SMILES string of the molecule is Cc1ccccc1C(C)NCc1ccc(F)cc1Cl. The fourth-order valence-corrected chi connectivity index (χ4v) is 2.34. The van der Waals surface area contributed by atoms with E-state index in [1.807, 2.05) is 12.1 Å². The highest BCUT2D eigenvalue weighted by molar-refractivity contribution is 6.31. The van der Waals surface area contributed by atoms with Crippen LogP contribution >= 0.6 is 11.6 Å². The highest BCUT2D eigenvalue weighted by atomic mass is 35.5. The van der Waals surface area contributed by atoms with Crippen molar-refractivity contribution in [2.45, 2.75) is 26.4 Å². The Kier molecular flexibility index (Phi) is 4.56. The molecule has 0 saturated carbocycles. The molecule has 1 N–H and O–H groups in total. The molecule has 0 aliphatic carbocycles. The monoisotopic (exact) mass is 277 g/mol. The Bertz CT molecular complexity index is 568. The van der Waals surface area contributed by atoms with Gasteiger partial charge in [0.25, 0.3) is 0 Å². The fraction of sp³-hybridized carbons (Fsp3) is 0.250. The van der Waals surface area contributed by atoms with Gasteiger partial charge in [0, 0.05) is 17.6 Å². The molecule has 2 aromatic carbocycles. The molecule has 0 radical (unpaired) electrons. The number of benzene rings is 2. The van der Waals surface area contributed by atoms with E-state index in [1.165, 1.54) is 23.3 Å². The van der Waals surface area contributed by atoms with Crippen LogP contribution in [0.15, 0.2) is 42.5 Å². The van der Waals surface area contributed by atoms with Crippen molar-refractivity contribution in [3.63, 3.8) is 0 Å². The van der Waals surface area contributed by atoms with Gasteiger partial charge >= 0.3 is 0 Å². The molecule has 1 nitrogen and oxygen atoms in total. The van der Waals surface area contributed by atoms with Crippen molar-refractivity contribution in [1.29, 1.82) is 0 Å². The van der Waals surface area contributed by atoms with Crippen LogP contribution in [0, 0.1) is 12.7 Å². The molecule has 19 heavy (non-hydrogen) atoms. The first-order valence-electron chi connectivity index (χ1n) is 6.31. The van der Waals surface area contributed by atoms with Crippen LogP contribution in [-0.2, 0) is 6.54 Å². The smallest absolute Gasteiger partial charge is 0.124 e. The van der Waals surface area contributed by atoms with E-state index >= 15 is 0 Å². The van der Waals surface area contributed by atoms with Gasteiger partial charge in [0.15, 0.2) is 0 Å². The molecule has 0 amide bonds. The Morgan fingerprint density at radius 1 is 1.21 bits per heavy atom. The molecule has 0 spiro atoms. The maximum atomic E-state index is 13.0. The van der Waals surface area contributed by atoms with Crippen LogP contribution in [0.3, 0.4) is 0 Å². The summed E-state index contributed by atoms with van der Waals surface area (Å²) >= 11 is 6.01. The maximum absolute atomic E-state index is 13.0. The predicted molar refractivity (Wildman–Crippen MR) is 77.8 cm³/mol. The average Bonchev–Trinajstić information content (AvgIpc) is 2.38. The summed E-state index contributed by atoms with van der Waals surface area (Å²) in [6.07, 6.45) is 0. The van der Waals surface area contributed by atoms with E-state index in [4.69, 9.17) is 11.6 Å². The van der Waals surface area contributed by atoms with Crippen LogP contribution in [0.4, 0.5) is 4.39 Å². The summed E-state index contributed by atoms with van der Waals surface area (Å²) in [6.45, 7) is 4.83. The van der Waals surface area contributed by atoms with E-state index < -0.39 is 0 Å². The summed E-state index contributed by atoms with van der Waals surface area (Å²) in [5.74, 6) is -0.305. The third-order valence-electron chi connectivity index (χ3n) is 3.27. The molecule has 0 fully saturated rings. The summed E-state index contributed by atoms with van der Waals surface area (Å²) in [4.78, 5) is 0. The van der Waals surface area contributed by atoms with Crippen molar-refractivity contribution in [3.8, 4) is 0 Å². The molecule has 0 aromatic heterocycles. The van der Waals surface area contributed by atoms with Crippen molar-refractivity contribution in [2.24, 2.45) is 0 Å². The van der Waals surface area contributed by atoms with Gasteiger partial charge < -0.3 is 5.32 Å². The zero-order valence-electron chi connectivity index (χ0n) is 11.1. The van der Waals surface area contributed by atoms with Crippen molar-refractivity contribution in [2.75, 3.05) is 0 Å². The van der Waals surface area contributed by atoms with E-state index in [2.05, 4.69) is 31.3 Å². The minimum atomic E-state index is -0.305. The lowest BCUT2D eigenvalue weighted by Gasteiger charge is -2.17. The van der Waals surface area contributed by atoms with Crippen molar-refractivity contribution >= 4 is 11.6 Å². The second-order valence-corrected chi connectivity index (χ2v) is 5.10. The fourth-order valence-electron chi connectivity index (χ4n) is 2.11. The Morgan fingerprint density at radius 2 is 1.95 bits per heavy atom. The summed E-state index contributed by atoms with van der Waals surface area (Å²) in [5, 5.41) is 3.87. The quantitative estimate of drug-likeness (QED) is 0.858. The summed E-state index contributed by atoms with van der Waals surface area (Å²) < 4.78 is 13.0. The first kappa shape index (κ1) is 14.0. The van der Waals surface area contributed by atoms with Crippen LogP contribution in [0.25, 0.3) is 0 Å². The van der Waals surface area contributed by atoms with E-state index in [0.717, 1.165) is 5.56 Å². The van der Waals surface area contributed by atoms with Gasteiger partial charge in [-0.3, -0.25) is 0 Å². The molecule has 3 heteroatoms. The minimum Gasteiger partial charge on any atom is -0.306 e. The lowest BCUT2D eigenvalue weighted by atomic mass is 10.0. The number of aryl methyl sites for hydroxylation is 1. The van der Waals surface area contributed by atoms with Gasteiger partial charge in [-0.05, 0) is 42.7 Å². The number of rotatable bonds is 4. The summed E-state index contributed by atoms with van der Waals surface area (Å²) in [5.41, 5.74) is 3.43. The molecule has 0 saturated heterocycles. The van der Waals surface area contributed by atoms with E-state index in [-0.39, 0.29) is 11.9 Å². The van der Waals surface area contributed by atoms with Crippen LogP contribution in [0.2, 0.25) is 5.02 Å². The Hall–Kier alpha value is -1.38. The van der Waals surface area contributed by atoms with Crippen LogP contribution in [0.5, 0.6) is 0 Å². The zero-order valence-corrected chi connectivity index (χ0v) is 11.8. The molecule has 2 aromatic rings. The highest BCUT2D eigenvalue weighted by Gasteiger charge is 2.08. The Labute approximate surface area is 118 Å². The normalized spacial score (nSPS) is 12.4. The van der Waals surface area contributed by atoms with E-state index in [9.17, 15) is 4.39 Å². The van der Waals surface area contributed by atoms with Gasteiger partial charge in [-0.25, -0.2) is 4.39 Å². The maximum Gasteiger partial charge on any atom is 0.124 e. The number of halogens is 2. The standard InChI is InChI=1S/C16H17ClFN/c1-11-5-3-4-6-15(11)12(2)19-10-13-7-8-14(18)9-16(13)17/h3-9,12,19H,10H2,1-2H3. The molecular formula is C16H17ClFN. The molecule has 0 aliphatic heterocycles. The average molecular weight is 278 g/mol. The minimum absolute atomic E-state index is 0.224. The molecule has 2 rings (SSSR count). The Balaban J connectivity index is 2.04. The van der Waals surface area contributed by atoms with Crippen molar-refractivity contribution in [3.05, 3.63) is 70.0 Å². The van der Waals surface area contributed by atoms with E-state index in [0.29, 0.717) is 11.6 Å². The molecule has 1 unspecified atom stereocenters. The van der Waals surface area contributed by atoms with Crippen LogP contribution < -0.4 is 5.32 Å². The molecule has 0 aliphatic rings. The second kappa shape index (κ2) is 6.18. The lowest BCUT2D eigenvalue weighted by Crippen LogP contribution is -2.19. The van der Waals surface area contributed by atoms with Crippen molar-refractivity contribution in [1.82, 2.24) is 5.32 Å². The number of hydrogen-bond donors (Lipinski definition) is 1. The number of hydrogen-bond acceptors (Lipinski definition) is 1. The first-order chi connectivity index (χ1) is 9.08. The topological polar surface area (TPSA) is 12.0 Å². The largest absolute Gasteiger partial charge is 0.306 e. The highest BCUT2D eigenvalue weighted by Crippen LogP contribution is 2.20. The van der Waals surface area contributed by atoms with Crippen LogP contribution in [-0.4, -0.2) is 0 Å². The van der Waals surface area contributed by atoms with E-state index in [1.54, 1.807) is 6.07 Å². The molecule has 0 heterocycles. The number of nitrogens with one attached hydrogen (secondary N) is 1.